The van der Waals surface area contributed by atoms with E-state index in [1.54, 1.807) is 0 Å². The van der Waals surface area contributed by atoms with Crippen LogP contribution in [-0.4, -0.2) is 42.6 Å². The molecular weight excluding hydrogens is 248 g/mol. The maximum Gasteiger partial charge on any atom is 0.129 e. The first kappa shape index (κ1) is 15.3. The Labute approximate surface area is 123 Å². The van der Waals surface area contributed by atoms with Crippen molar-refractivity contribution in [2.45, 2.75) is 39.7 Å². The number of nitrogens with zero attached hydrogens (tertiary/aromatic N) is 3. The number of likely N-dealkylation sites (N-methyl/N-ethyl adjacent to an activating group) is 1. The Morgan fingerprint density at radius 3 is 2.30 bits per heavy atom. The number of piperazine rings is 1. The second-order valence-corrected chi connectivity index (χ2v) is 6.59. The van der Waals surface area contributed by atoms with Gasteiger partial charge < -0.3 is 15.5 Å². The van der Waals surface area contributed by atoms with Crippen LogP contribution in [0.15, 0.2) is 12.1 Å². The summed E-state index contributed by atoms with van der Waals surface area (Å²) in [7, 11) is 0. The SMILES string of the molecule is CCN1CCN(c2cc(CN)cc(C(C)(C)C)n2)CC1. The fourth-order valence-corrected chi connectivity index (χ4v) is 2.53. The monoisotopic (exact) mass is 276 g/mol. The van der Waals surface area contributed by atoms with Crippen LogP contribution in [-0.2, 0) is 12.0 Å². The summed E-state index contributed by atoms with van der Waals surface area (Å²) in [6, 6.07) is 4.29. The largest absolute Gasteiger partial charge is 0.354 e. The van der Waals surface area contributed by atoms with E-state index in [-0.39, 0.29) is 5.41 Å². The number of pyridine rings is 1. The predicted octanol–water partition coefficient (Wildman–Crippen LogP) is 1.98. The predicted molar refractivity (Wildman–Crippen MR) is 85.2 cm³/mol. The molecule has 0 spiro atoms. The first-order valence-electron chi connectivity index (χ1n) is 7.63. The summed E-state index contributed by atoms with van der Waals surface area (Å²) < 4.78 is 0. The molecule has 0 amide bonds. The fraction of sp³-hybridized carbons (Fsp3) is 0.688. The molecule has 2 rings (SSSR count). The van der Waals surface area contributed by atoms with Crippen molar-refractivity contribution in [1.29, 1.82) is 0 Å². The molecule has 0 saturated carbocycles. The van der Waals surface area contributed by atoms with Crippen LogP contribution >= 0.6 is 0 Å². The molecule has 4 nitrogen and oxygen atoms in total. The highest BCUT2D eigenvalue weighted by Crippen LogP contribution is 2.25. The maximum atomic E-state index is 5.85. The third-order valence-electron chi connectivity index (χ3n) is 4.02. The minimum absolute atomic E-state index is 0.0607. The lowest BCUT2D eigenvalue weighted by molar-refractivity contribution is 0.270. The molecule has 1 aliphatic heterocycles. The Balaban J connectivity index is 2.23. The zero-order chi connectivity index (χ0) is 14.8. The van der Waals surface area contributed by atoms with E-state index in [4.69, 9.17) is 10.7 Å². The van der Waals surface area contributed by atoms with E-state index < -0.39 is 0 Å². The Kier molecular flexibility index (Phi) is 4.66. The third-order valence-corrected chi connectivity index (χ3v) is 4.02. The first-order valence-corrected chi connectivity index (χ1v) is 7.63. The van der Waals surface area contributed by atoms with E-state index in [0.29, 0.717) is 6.54 Å². The second-order valence-electron chi connectivity index (χ2n) is 6.59. The van der Waals surface area contributed by atoms with Crippen molar-refractivity contribution in [3.8, 4) is 0 Å². The van der Waals surface area contributed by atoms with Crippen molar-refractivity contribution in [2.24, 2.45) is 5.73 Å². The number of hydrogen-bond acceptors (Lipinski definition) is 4. The molecule has 2 heterocycles. The number of rotatable bonds is 3. The van der Waals surface area contributed by atoms with Crippen LogP contribution in [0, 0.1) is 0 Å². The summed E-state index contributed by atoms with van der Waals surface area (Å²) in [5.41, 5.74) is 8.22. The lowest BCUT2D eigenvalue weighted by Crippen LogP contribution is -2.46. The van der Waals surface area contributed by atoms with Gasteiger partial charge in [-0.1, -0.05) is 27.7 Å². The van der Waals surface area contributed by atoms with Crippen molar-refractivity contribution in [3.05, 3.63) is 23.4 Å². The molecule has 1 saturated heterocycles. The van der Waals surface area contributed by atoms with Crippen LogP contribution in [0.3, 0.4) is 0 Å². The van der Waals surface area contributed by atoms with Gasteiger partial charge in [0.2, 0.25) is 0 Å². The van der Waals surface area contributed by atoms with Gasteiger partial charge in [-0.05, 0) is 24.2 Å². The summed E-state index contributed by atoms with van der Waals surface area (Å²) in [5.74, 6) is 1.09. The molecule has 1 aromatic rings. The van der Waals surface area contributed by atoms with Gasteiger partial charge in [0.15, 0.2) is 0 Å². The lowest BCUT2D eigenvalue weighted by atomic mass is 9.90. The smallest absolute Gasteiger partial charge is 0.129 e. The molecule has 20 heavy (non-hydrogen) atoms. The van der Waals surface area contributed by atoms with E-state index >= 15 is 0 Å². The topological polar surface area (TPSA) is 45.4 Å². The zero-order valence-corrected chi connectivity index (χ0v) is 13.3. The van der Waals surface area contributed by atoms with Gasteiger partial charge in [0.1, 0.15) is 5.82 Å². The number of anilines is 1. The van der Waals surface area contributed by atoms with Crippen LogP contribution in [0.1, 0.15) is 39.0 Å². The van der Waals surface area contributed by atoms with E-state index in [0.717, 1.165) is 44.2 Å². The Morgan fingerprint density at radius 2 is 1.80 bits per heavy atom. The highest BCUT2D eigenvalue weighted by Gasteiger charge is 2.21. The summed E-state index contributed by atoms with van der Waals surface area (Å²) >= 11 is 0. The minimum Gasteiger partial charge on any atom is -0.354 e. The maximum absolute atomic E-state index is 5.85. The zero-order valence-electron chi connectivity index (χ0n) is 13.3. The Hall–Kier alpha value is -1.13. The molecule has 2 N–H and O–H groups in total. The molecule has 0 radical (unpaired) electrons. The highest BCUT2D eigenvalue weighted by atomic mass is 15.3. The highest BCUT2D eigenvalue weighted by molar-refractivity contribution is 5.44. The van der Waals surface area contributed by atoms with Crippen LogP contribution < -0.4 is 10.6 Å². The molecule has 1 aliphatic rings. The van der Waals surface area contributed by atoms with Gasteiger partial charge in [-0.2, -0.15) is 0 Å². The van der Waals surface area contributed by atoms with E-state index in [1.165, 1.54) is 5.56 Å². The lowest BCUT2D eigenvalue weighted by Gasteiger charge is -2.35. The molecule has 1 fully saturated rings. The van der Waals surface area contributed by atoms with Crippen LogP contribution in [0.4, 0.5) is 5.82 Å². The molecule has 0 aromatic carbocycles. The summed E-state index contributed by atoms with van der Waals surface area (Å²) in [4.78, 5) is 9.75. The van der Waals surface area contributed by atoms with Gasteiger partial charge in [0.25, 0.3) is 0 Å². The van der Waals surface area contributed by atoms with Crippen molar-refractivity contribution in [2.75, 3.05) is 37.6 Å². The molecule has 1 aromatic heterocycles. The van der Waals surface area contributed by atoms with E-state index in [2.05, 4.69) is 49.6 Å². The normalized spacial score (nSPS) is 17.6. The van der Waals surface area contributed by atoms with Gasteiger partial charge in [-0.25, -0.2) is 4.98 Å². The summed E-state index contributed by atoms with van der Waals surface area (Å²) in [5, 5.41) is 0. The quantitative estimate of drug-likeness (QED) is 0.917. The summed E-state index contributed by atoms with van der Waals surface area (Å²) in [6.45, 7) is 14.9. The number of aromatic nitrogens is 1. The van der Waals surface area contributed by atoms with Gasteiger partial charge in [0, 0.05) is 43.8 Å². The minimum atomic E-state index is 0.0607. The Bertz CT molecular complexity index is 442. The Morgan fingerprint density at radius 1 is 1.15 bits per heavy atom. The van der Waals surface area contributed by atoms with Gasteiger partial charge in [0.05, 0.1) is 0 Å². The molecule has 4 heteroatoms. The van der Waals surface area contributed by atoms with E-state index in [1.807, 2.05) is 0 Å². The molecule has 0 bridgehead atoms. The van der Waals surface area contributed by atoms with Gasteiger partial charge in [-0.15, -0.1) is 0 Å². The standard InChI is InChI=1S/C16H28N4/c1-5-19-6-8-20(9-7-19)15-11-13(12-17)10-14(18-15)16(2,3)4/h10-11H,5-9,12,17H2,1-4H3. The molecule has 0 unspecified atom stereocenters. The van der Waals surface area contributed by atoms with Gasteiger partial charge >= 0.3 is 0 Å². The van der Waals surface area contributed by atoms with Crippen LogP contribution in [0.2, 0.25) is 0 Å². The summed E-state index contributed by atoms with van der Waals surface area (Å²) in [6.07, 6.45) is 0. The van der Waals surface area contributed by atoms with Crippen molar-refractivity contribution in [1.82, 2.24) is 9.88 Å². The average Bonchev–Trinajstić information content (AvgIpc) is 2.46. The van der Waals surface area contributed by atoms with Crippen molar-refractivity contribution < 1.29 is 0 Å². The molecule has 112 valence electrons. The fourth-order valence-electron chi connectivity index (χ4n) is 2.53. The van der Waals surface area contributed by atoms with Gasteiger partial charge in [-0.3, -0.25) is 0 Å². The number of nitrogens with two attached hydrogens (primary N) is 1. The number of hydrogen-bond donors (Lipinski definition) is 1. The average molecular weight is 276 g/mol. The third kappa shape index (κ3) is 3.49. The molecule has 0 aliphatic carbocycles. The molecule has 0 atom stereocenters. The first-order chi connectivity index (χ1) is 9.44. The molecular formula is C16H28N4. The second kappa shape index (κ2) is 6.10. The van der Waals surface area contributed by atoms with Crippen LogP contribution in [0.25, 0.3) is 0 Å². The van der Waals surface area contributed by atoms with Crippen LogP contribution in [0.5, 0.6) is 0 Å². The van der Waals surface area contributed by atoms with Crippen molar-refractivity contribution in [3.63, 3.8) is 0 Å². The van der Waals surface area contributed by atoms with E-state index in [9.17, 15) is 0 Å². The van der Waals surface area contributed by atoms with Crippen molar-refractivity contribution >= 4 is 5.82 Å².